The lowest BCUT2D eigenvalue weighted by Gasteiger charge is -2.13. The summed E-state index contributed by atoms with van der Waals surface area (Å²) in [5, 5.41) is 15.9. The van der Waals surface area contributed by atoms with Crippen LogP contribution in [0.3, 0.4) is 0 Å². The topological polar surface area (TPSA) is 74.1 Å². The van der Waals surface area contributed by atoms with Crippen LogP contribution in [-0.4, -0.2) is 39.6 Å². The number of tetrazole rings is 1. The van der Waals surface area contributed by atoms with Crippen LogP contribution in [0.5, 0.6) is 11.5 Å². The summed E-state index contributed by atoms with van der Waals surface area (Å²) in [6.07, 6.45) is 0.994. The maximum absolute atomic E-state index is 13.2. The van der Waals surface area contributed by atoms with Crippen LogP contribution in [0.25, 0.3) is 0 Å². The Labute approximate surface area is 196 Å². The molecule has 0 radical (unpaired) electrons. The molecule has 0 aliphatic carbocycles. The van der Waals surface area contributed by atoms with E-state index in [0.29, 0.717) is 22.1 Å². The Morgan fingerprint density at radius 3 is 2.74 bits per heavy atom. The van der Waals surface area contributed by atoms with Crippen molar-refractivity contribution in [3.05, 3.63) is 58.4 Å². The van der Waals surface area contributed by atoms with Crippen molar-refractivity contribution >= 4 is 35.8 Å². The molecule has 1 N–H and O–H groups in total. The number of benzene rings is 2. The Hall–Kier alpha value is -2.07. The molecule has 2 aromatic carbocycles. The zero-order valence-electron chi connectivity index (χ0n) is 17.2. The van der Waals surface area contributed by atoms with E-state index in [1.165, 1.54) is 12.1 Å². The van der Waals surface area contributed by atoms with E-state index in [4.69, 9.17) is 21.1 Å². The summed E-state index contributed by atoms with van der Waals surface area (Å²) in [6, 6.07) is 10.0. The van der Waals surface area contributed by atoms with E-state index in [1.54, 1.807) is 29.6 Å². The lowest BCUT2D eigenvalue weighted by molar-refractivity contribution is 0.284. The minimum atomic E-state index is -0.373. The number of nitrogens with one attached hydrogen (secondary N) is 1. The van der Waals surface area contributed by atoms with Crippen molar-refractivity contribution in [3.63, 3.8) is 0 Å². The summed E-state index contributed by atoms with van der Waals surface area (Å²) in [5.74, 6) is 1.80. The lowest BCUT2D eigenvalue weighted by Crippen LogP contribution is -2.15. The van der Waals surface area contributed by atoms with Gasteiger partial charge in [-0.3, -0.25) is 0 Å². The molecule has 7 nitrogen and oxygen atoms in total. The first-order valence-electron chi connectivity index (χ1n) is 9.36. The van der Waals surface area contributed by atoms with Crippen LogP contribution in [0.2, 0.25) is 5.02 Å². The van der Waals surface area contributed by atoms with E-state index >= 15 is 0 Å². The number of hydrogen-bond acceptors (Lipinski definition) is 7. The highest BCUT2D eigenvalue weighted by atomic mass is 35.5. The molecule has 0 bridgehead atoms. The van der Waals surface area contributed by atoms with Gasteiger partial charge in [-0.2, -0.15) is 0 Å². The number of aromatic nitrogens is 4. The van der Waals surface area contributed by atoms with Gasteiger partial charge in [-0.05, 0) is 53.2 Å². The molecule has 0 aliphatic rings. The monoisotopic (exact) mass is 487 g/mol. The van der Waals surface area contributed by atoms with Gasteiger partial charge in [0.05, 0.1) is 12.1 Å². The predicted octanol–water partition coefficient (Wildman–Crippen LogP) is 4.28. The van der Waals surface area contributed by atoms with Crippen molar-refractivity contribution in [1.82, 2.24) is 25.5 Å². The molecule has 0 amide bonds. The van der Waals surface area contributed by atoms with Gasteiger partial charge < -0.3 is 14.8 Å². The van der Waals surface area contributed by atoms with Gasteiger partial charge >= 0.3 is 0 Å². The molecule has 168 valence electrons. The molecule has 0 spiro atoms. The largest absolute Gasteiger partial charge is 0.493 e. The van der Waals surface area contributed by atoms with Crippen LogP contribution in [0.1, 0.15) is 17.5 Å². The van der Waals surface area contributed by atoms with Crippen molar-refractivity contribution in [2.75, 3.05) is 19.4 Å². The van der Waals surface area contributed by atoms with Crippen LogP contribution in [-0.2, 0) is 20.2 Å². The number of methoxy groups -OCH3 is 1. The number of halogens is 3. The molecule has 3 aromatic rings. The number of hydrogen-bond donors (Lipinski definition) is 1. The SMILES string of the molecule is COc1cc(CNCCCSc2nnnn2C)ccc1OCc1ccc(F)cc1Cl.Cl. The third-order valence-electron chi connectivity index (χ3n) is 4.27. The minimum absolute atomic E-state index is 0. The molecule has 0 saturated heterocycles. The first kappa shape index (κ1) is 25.2. The molecule has 0 unspecified atom stereocenters. The van der Waals surface area contributed by atoms with Crippen molar-refractivity contribution in [1.29, 1.82) is 0 Å². The van der Waals surface area contributed by atoms with Gasteiger partial charge in [0.1, 0.15) is 12.4 Å². The van der Waals surface area contributed by atoms with Crippen molar-refractivity contribution < 1.29 is 13.9 Å². The summed E-state index contributed by atoms with van der Waals surface area (Å²) in [4.78, 5) is 0. The number of rotatable bonds is 11. The first-order valence-corrected chi connectivity index (χ1v) is 10.7. The fourth-order valence-electron chi connectivity index (χ4n) is 2.67. The van der Waals surface area contributed by atoms with Gasteiger partial charge in [-0.15, -0.1) is 17.5 Å². The van der Waals surface area contributed by atoms with Gasteiger partial charge in [0.25, 0.3) is 0 Å². The number of thioether (sulfide) groups is 1. The van der Waals surface area contributed by atoms with E-state index in [0.717, 1.165) is 36.0 Å². The Morgan fingerprint density at radius 2 is 2.03 bits per heavy atom. The third-order valence-corrected chi connectivity index (χ3v) is 5.71. The number of nitrogens with zero attached hydrogens (tertiary/aromatic N) is 4. The minimum Gasteiger partial charge on any atom is -0.493 e. The molecule has 3 rings (SSSR count). The average molecular weight is 488 g/mol. The van der Waals surface area contributed by atoms with Crippen molar-refractivity contribution in [2.24, 2.45) is 7.05 Å². The van der Waals surface area contributed by atoms with E-state index < -0.39 is 0 Å². The molecular formula is C20H24Cl2FN5O2S. The Balaban J connectivity index is 0.00000341. The zero-order chi connectivity index (χ0) is 21.3. The Morgan fingerprint density at radius 1 is 1.19 bits per heavy atom. The van der Waals surface area contributed by atoms with E-state index in [-0.39, 0.29) is 24.8 Å². The van der Waals surface area contributed by atoms with Crippen LogP contribution >= 0.6 is 35.8 Å². The molecule has 0 fully saturated rings. The summed E-state index contributed by atoms with van der Waals surface area (Å²) in [6.45, 7) is 1.82. The van der Waals surface area contributed by atoms with E-state index in [2.05, 4.69) is 20.8 Å². The van der Waals surface area contributed by atoms with Crippen molar-refractivity contribution in [2.45, 2.75) is 24.7 Å². The van der Waals surface area contributed by atoms with Gasteiger partial charge in [0.15, 0.2) is 11.5 Å². The predicted molar refractivity (Wildman–Crippen MR) is 122 cm³/mol. The summed E-state index contributed by atoms with van der Waals surface area (Å²) >= 11 is 7.69. The van der Waals surface area contributed by atoms with Gasteiger partial charge in [0.2, 0.25) is 5.16 Å². The summed E-state index contributed by atoms with van der Waals surface area (Å²) < 4.78 is 26.1. The highest BCUT2D eigenvalue weighted by molar-refractivity contribution is 7.99. The highest BCUT2D eigenvalue weighted by Crippen LogP contribution is 2.29. The van der Waals surface area contributed by atoms with E-state index in [1.807, 2.05) is 25.2 Å². The second kappa shape index (κ2) is 12.7. The smallest absolute Gasteiger partial charge is 0.209 e. The Bertz CT molecular complexity index is 976. The standard InChI is InChI=1S/C20H23ClFN5O2S.ClH/c1-27-20(24-25-26-27)30-9-3-8-23-12-14-4-7-18(19(10-14)28-2)29-13-15-5-6-16(22)11-17(15)21;/h4-7,10-11,23H,3,8-9,12-13H2,1-2H3;1H. The molecule has 31 heavy (non-hydrogen) atoms. The zero-order valence-corrected chi connectivity index (χ0v) is 19.6. The highest BCUT2D eigenvalue weighted by Gasteiger charge is 2.09. The molecule has 0 saturated carbocycles. The molecular weight excluding hydrogens is 464 g/mol. The number of ether oxygens (including phenoxy) is 2. The normalized spacial score (nSPS) is 10.6. The van der Waals surface area contributed by atoms with Crippen LogP contribution in [0, 0.1) is 5.82 Å². The maximum atomic E-state index is 13.2. The summed E-state index contributed by atoms with van der Waals surface area (Å²) in [5.41, 5.74) is 1.80. The quantitative estimate of drug-likeness (QED) is 0.319. The number of aryl methyl sites for hydroxylation is 1. The molecule has 11 heteroatoms. The van der Waals surface area contributed by atoms with Crippen molar-refractivity contribution in [3.8, 4) is 11.5 Å². The summed E-state index contributed by atoms with van der Waals surface area (Å²) in [7, 11) is 3.43. The average Bonchev–Trinajstić information content (AvgIpc) is 3.15. The molecule has 0 atom stereocenters. The Kier molecular flexibility index (Phi) is 10.3. The second-order valence-corrected chi connectivity index (χ2v) is 7.94. The van der Waals surface area contributed by atoms with E-state index in [9.17, 15) is 4.39 Å². The third kappa shape index (κ3) is 7.53. The molecule has 0 aliphatic heterocycles. The molecule has 1 heterocycles. The van der Waals surface area contributed by atoms with Gasteiger partial charge in [-0.1, -0.05) is 35.5 Å². The maximum Gasteiger partial charge on any atom is 0.209 e. The van der Waals surface area contributed by atoms with Crippen LogP contribution in [0.4, 0.5) is 4.39 Å². The molecule has 1 aromatic heterocycles. The fourth-order valence-corrected chi connectivity index (χ4v) is 3.68. The second-order valence-electron chi connectivity index (χ2n) is 6.47. The van der Waals surface area contributed by atoms with Crippen LogP contribution < -0.4 is 14.8 Å². The van der Waals surface area contributed by atoms with Crippen LogP contribution in [0.15, 0.2) is 41.6 Å². The van der Waals surface area contributed by atoms with Gasteiger partial charge in [0, 0.05) is 24.9 Å². The van der Waals surface area contributed by atoms with Gasteiger partial charge in [-0.25, -0.2) is 9.07 Å². The lowest BCUT2D eigenvalue weighted by atomic mass is 10.2. The first-order chi connectivity index (χ1) is 14.6. The fraction of sp³-hybridized carbons (Fsp3) is 0.350.